The monoisotopic (exact) mass is 226 g/mol. The van der Waals surface area contributed by atoms with Gasteiger partial charge in [-0.05, 0) is 0 Å². The first kappa shape index (κ1) is 16.8. The number of carbonyl (C=O) groups is 2. The fourth-order valence-electron chi connectivity index (χ4n) is 0. The molecule has 68 valence electrons. The van der Waals surface area contributed by atoms with Gasteiger partial charge in [-0.3, -0.25) is 9.59 Å². The molecular weight excluding hydrogens is 211 g/mol. The van der Waals surface area contributed by atoms with Crippen LogP contribution in [0.4, 0.5) is 0 Å². The van der Waals surface area contributed by atoms with Gasteiger partial charge in [-0.15, -0.1) is 0 Å². The molecule has 1 unspecified atom stereocenters. The fourth-order valence-corrected chi connectivity index (χ4v) is 0. The van der Waals surface area contributed by atoms with Crippen LogP contribution in [-0.4, -0.2) is 40.1 Å². The normalized spacial score (nSPS) is 6.73. The molecule has 0 amide bonds. The summed E-state index contributed by atoms with van der Waals surface area (Å²) in [5, 5.41) is 15.4. The van der Waals surface area contributed by atoms with E-state index in [0.29, 0.717) is 0 Å². The molecule has 2 N–H and O–H groups in total. The molecule has 0 rings (SSSR count). The van der Waals surface area contributed by atoms with E-state index in [0.717, 1.165) is 0 Å². The predicted molar refractivity (Wildman–Crippen MR) is 45.8 cm³/mol. The predicted octanol–water partition coefficient (Wildman–Crippen LogP) is -0.222. The number of hydrogen-bond acceptors (Lipinski definition) is 2. The average molecular weight is 226 g/mol. The quantitative estimate of drug-likeness (QED) is 0.638. The van der Waals surface area contributed by atoms with Crippen LogP contribution >= 0.6 is 0 Å². The van der Waals surface area contributed by atoms with Gasteiger partial charge in [0.25, 0.3) is 0 Å². The Bertz CT molecular complexity index is 99.1. The summed E-state index contributed by atoms with van der Waals surface area (Å²) in [6.07, 6.45) is 0.444. The molecule has 0 saturated carbocycles. The SMILES string of the molecule is CCC(=O)O.CCC(=O)O.[AsH3]. The average Bonchev–Trinajstić information content (AvgIpc) is 1.89. The van der Waals surface area contributed by atoms with Gasteiger partial charge in [0.15, 0.2) is 0 Å². The second-order valence-corrected chi connectivity index (χ2v) is 1.49. The third-order valence-corrected chi connectivity index (χ3v) is 0.605. The molecule has 1 atom stereocenters. The molecule has 0 aromatic rings. The van der Waals surface area contributed by atoms with Gasteiger partial charge >= 0.3 is 29.9 Å². The van der Waals surface area contributed by atoms with Crippen LogP contribution in [-0.2, 0) is 9.59 Å². The molecule has 11 heavy (non-hydrogen) atoms. The standard InChI is InChI=1S/2C3H6O2.AsH3/c2*1-2-3(4)5;/h2*2H2,1H3,(H,4,5);1H3. The van der Waals surface area contributed by atoms with E-state index in [1.807, 2.05) is 0 Å². The second-order valence-electron chi connectivity index (χ2n) is 1.49. The number of aliphatic carboxylic acids is 2. The molecule has 0 aromatic carbocycles. The number of rotatable bonds is 2. The number of carboxylic acid groups (broad SMARTS) is 2. The molecule has 0 aliphatic carbocycles. The fraction of sp³-hybridized carbons (Fsp3) is 0.667. The molecule has 0 spiro atoms. The van der Waals surface area contributed by atoms with E-state index in [4.69, 9.17) is 10.2 Å². The summed E-state index contributed by atoms with van der Waals surface area (Å²) in [4.78, 5) is 18.7. The van der Waals surface area contributed by atoms with Gasteiger partial charge in [-0.2, -0.15) is 0 Å². The van der Waals surface area contributed by atoms with Gasteiger partial charge in [0.2, 0.25) is 0 Å². The third-order valence-electron chi connectivity index (χ3n) is 0.605. The third kappa shape index (κ3) is 43.6. The molecular formula is C6H15AsO4. The van der Waals surface area contributed by atoms with Gasteiger partial charge in [0.1, 0.15) is 0 Å². The van der Waals surface area contributed by atoms with E-state index in [-0.39, 0.29) is 30.8 Å². The zero-order valence-corrected chi connectivity index (χ0v) is 9.80. The molecule has 4 nitrogen and oxygen atoms in total. The molecule has 0 saturated heterocycles. The summed E-state index contributed by atoms with van der Waals surface area (Å²) in [5.41, 5.74) is 0. The number of carboxylic acids is 2. The molecule has 0 radical (unpaired) electrons. The Labute approximate surface area is 76.9 Å². The Kier molecular flexibility index (Phi) is 18.7. The van der Waals surface area contributed by atoms with E-state index in [2.05, 4.69) is 0 Å². The summed E-state index contributed by atoms with van der Waals surface area (Å²) >= 11 is 0. The topological polar surface area (TPSA) is 74.6 Å². The van der Waals surface area contributed by atoms with Crippen molar-refractivity contribution in [2.75, 3.05) is 0 Å². The molecule has 0 fully saturated rings. The molecule has 0 aliphatic heterocycles. The van der Waals surface area contributed by atoms with Crippen LogP contribution in [0.25, 0.3) is 0 Å². The maximum atomic E-state index is 9.37. The van der Waals surface area contributed by atoms with Crippen LogP contribution in [0.2, 0.25) is 0 Å². The Morgan fingerprint density at radius 3 is 1.09 bits per heavy atom. The summed E-state index contributed by atoms with van der Waals surface area (Å²) in [6.45, 7) is 3.20. The van der Waals surface area contributed by atoms with Gasteiger partial charge in [-0.25, -0.2) is 0 Å². The van der Waals surface area contributed by atoms with Crippen molar-refractivity contribution in [3.05, 3.63) is 0 Å². The van der Waals surface area contributed by atoms with Crippen molar-refractivity contribution in [1.29, 1.82) is 0 Å². The van der Waals surface area contributed by atoms with Gasteiger partial charge in [0, 0.05) is 12.8 Å². The first-order valence-corrected chi connectivity index (χ1v) is 2.98. The van der Waals surface area contributed by atoms with Gasteiger partial charge in [0.05, 0.1) is 0 Å². The zero-order chi connectivity index (χ0) is 8.57. The van der Waals surface area contributed by atoms with E-state index in [1.54, 1.807) is 13.8 Å². The van der Waals surface area contributed by atoms with Crippen molar-refractivity contribution in [3.63, 3.8) is 0 Å². The van der Waals surface area contributed by atoms with Crippen LogP contribution in [0.3, 0.4) is 0 Å². The van der Waals surface area contributed by atoms with Crippen LogP contribution in [0.15, 0.2) is 0 Å². The van der Waals surface area contributed by atoms with Crippen molar-refractivity contribution in [2.45, 2.75) is 26.7 Å². The molecule has 5 heteroatoms. The van der Waals surface area contributed by atoms with Crippen molar-refractivity contribution in [2.24, 2.45) is 0 Å². The molecule has 0 heterocycles. The summed E-state index contributed by atoms with van der Waals surface area (Å²) in [6, 6.07) is 0. The van der Waals surface area contributed by atoms with E-state index < -0.39 is 11.9 Å². The zero-order valence-electron chi connectivity index (χ0n) is 6.83. The minimum absolute atomic E-state index is 0. The first-order chi connectivity index (χ1) is 4.54. The molecule has 0 aliphatic rings. The Morgan fingerprint density at radius 1 is 1.00 bits per heavy atom. The Morgan fingerprint density at radius 2 is 1.09 bits per heavy atom. The van der Waals surface area contributed by atoms with Crippen LogP contribution in [0.5, 0.6) is 0 Å². The Hall–Kier alpha value is -0.502. The minimum atomic E-state index is -0.745. The summed E-state index contributed by atoms with van der Waals surface area (Å²) in [7, 11) is 0. The van der Waals surface area contributed by atoms with Crippen LogP contribution < -0.4 is 0 Å². The Balaban J connectivity index is -0.000000107. The molecule has 0 bridgehead atoms. The summed E-state index contributed by atoms with van der Waals surface area (Å²) in [5.74, 6) is -1.49. The van der Waals surface area contributed by atoms with Crippen LogP contribution in [0, 0.1) is 0 Å². The van der Waals surface area contributed by atoms with Crippen molar-refractivity contribution >= 4 is 29.9 Å². The van der Waals surface area contributed by atoms with Crippen molar-refractivity contribution in [3.8, 4) is 0 Å². The van der Waals surface area contributed by atoms with Crippen molar-refractivity contribution < 1.29 is 19.8 Å². The van der Waals surface area contributed by atoms with E-state index in [1.165, 1.54) is 0 Å². The summed E-state index contributed by atoms with van der Waals surface area (Å²) < 4.78 is 0. The van der Waals surface area contributed by atoms with E-state index >= 15 is 0 Å². The maximum absolute atomic E-state index is 9.37. The van der Waals surface area contributed by atoms with E-state index in [9.17, 15) is 9.59 Å². The molecule has 0 aromatic heterocycles. The van der Waals surface area contributed by atoms with Crippen LogP contribution in [0.1, 0.15) is 26.7 Å². The van der Waals surface area contributed by atoms with Gasteiger partial charge in [-0.1, -0.05) is 13.8 Å². The second kappa shape index (κ2) is 12.2. The van der Waals surface area contributed by atoms with Crippen molar-refractivity contribution in [1.82, 2.24) is 0 Å². The van der Waals surface area contributed by atoms with Gasteiger partial charge < -0.3 is 10.2 Å². The number of hydrogen-bond donors (Lipinski definition) is 2. The first-order valence-electron chi connectivity index (χ1n) is 2.98.